The van der Waals surface area contributed by atoms with Crippen LogP contribution >= 0.6 is 0 Å². The van der Waals surface area contributed by atoms with Crippen LogP contribution in [-0.2, 0) is 11.2 Å². The third-order valence-electron chi connectivity index (χ3n) is 4.75. The highest BCUT2D eigenvalue weighted by Crippen LogP contribution is 2.32. The normalized spacial score (nSPS) is 25.3. The van der Waals surface area contributed by atoms with Gasteiger partial charge in [0, 0.05) is 24.3 Å². The highest BCUT2D eigenvalue weighted by atomic mass is 16.2. The topological polar surface area (TPSA) is 35.6 Å². The summed E-state index contributed by atoms with van der Waals surface area (Å²) in [5.74, 6) is 0.246. The molecule has 0 spiro atoms. The first kappa shape index (κ1) is 14.5. The Hall–Kier alpha value is -1.39. The Kier molecular flexibility index (Phi) is 4.27. The van der Waals surface area contributed by atoms with E-state index < -0.39 is 0 Å². The van der Waals surface area contributed by atoms with Crippen molar-refractivity contribution in [2.45, 2.75) is 38.3 Å². The van der Waals surface area contributed by atoms with Crippen molar-refractivity contribution in [3.05, 3.63) is 29.8 Å². The van der Waals surface area contributed by atoms with E-state index in [4.69, 9.17) is 0 Å². The number of rotatable bonds is 4. The van der Waals surface area contributed by atoms with Crippen molar-refractivity contribution in [1.82, 2.24) is 10.2 Å². The number of carbonyl (C=O) groups is 1. The molecule has 0 bridgehead atoms. The van der Waals surface area contributed by atoms with E-state index in [1.165, 1.54) is 18.4 Å². The first-order valence-electron chi connectivity index (χ1n) is 7.99. The van der Waals surface area contributed by atoms with Gasteiger partial charge in [-0.05, 0) is 51.4 Å². The van der Waals surface area contributed by atoms with Crippen LogP contribution in [0.15, 0.2) is 24.3 Å². The minimum absolute atomic E-state index is 0.246. The number of nitrogens with one attached hydrogen (secondary N) is 1. The molecule has 0 aliphatic carbocycles. The largest absolute Gasteiger partial charge is 0.318 e. The van der Waals surface area contributed by atoms with Crippen molar-refractivity contribution in [1.29, 1.82) is 0 Å². The van der Waals surface area contributed by atoms with Crippen LogP contribution in [0.4, 0.5) is 5.69 Å². The molecule has 2 aliphatic heterocycles. The van der Waals surface area contributed by atoms with Gasteiger partial charge in [0.05, 0.1) is 6.54 Å². The molecule has 21 heavy (non-hydrogen) atoms. The Bertz CT molecular complexity index is 517. The number of hydrogen-bond acceptors (Lipinski definition) is 3. The molecule has 2 atom stereocenters. The zero-order valence-electron chi connectivity index (χ0n) is 13.0. The predicted molar refractivity (Wildman–Crippen MR) is 85.6 cm³/mol. The number of anilines is 1. The first-order chi connectivity index (χ1) is 10.2. The maximum absolute atomic E-state index is 12.8. The summed E-state index contributed by atoms with van der Waals surface area (Å²) in [5.41, 5.74) is 2.41. The lowest BCUT2D eigenvalue weighted by Gasteiger charge is -2.28. The zero-order valence-corrected chi connectivity index (χ0v) is 13.0. The number of carbonyl (C=O) groups excluding carboxylic acids is 1. The standard InChI is InChI=1S/C17H25N3O/c1-13-10-14-6-3-4-8-16(14)20(13)17(21)12-19-9-5-7-15(19)11-18-2/h3-4,6,8,13,15,18H,5,7,9-12H2,1-2H3. The van der Waals surface area contributed by atoms with Gasteiger partial charge in [-0.1, -0.05) is 18.2 Å². The second-order valence-electron chi connectivity index (χ2n) is 6.27. The average molecular weight is 287 g/mol. The van der Waals surface area contributed by atoms with Crippen molar-refractivity contribution in [2.24, 2.45) is 0 Å². The maximum Gasteiger partial charge on any atom is 0.241 e. The van der Waals surface area contributed by atoms with Gasteiger partial charge in [-0.15, -0.1) is 0 Å². The van der Waals surface area contributed by atoms with Crippen LogP contribution in [0.3, 0.4) is 0 Å². The van der Waals surface area contributed by atoms with Crippen LogP contribution in [0.2, 0.25) is 0 Å². The summed E-state index contributed by atoms with van der Waals surface area (Å²) in [6, 6.07) is 9.08. The molecule has 0 aromatic heterocycles. The summed E-state index contributed by atoms with van der Waals surface area (Å²) in [4.78, 5) is 17.1. The molecule has 4 nitrogen and oxygen atoms in total. The maximum atomic E-state index is 12.8. The van der Waals surface area contributed by atoms with Crippen molar-refractivity contribution in [3.63, 3.8) is 0 Å². The molecule has 1 aromatic rings. The number of likely N-dealkylation sites (tertiary alicyclic amines) is 1. The Morgan fingerprint density at radius 3 is 3.00 bits per heavy atom. The van der Waals surface area contributed by atoms with E-state index in [2.05, 4.69) is 35.3 Å². The third-order valence-corrected chi connectivity index (χ3v) is 4.75. The number of likely N-dealkylation sites (N-methyl/N-ethyl adjacent to an activating group) is 1. The fraction of sp³-hybridized carbons (Fsp3) is 0.588. The van der Waals surface area contributed by atoms with Crippen LogP contribution in [0.25, 0.3) is 0 Å². The Labute approximate surface area is 127 Å². The van der Waals surface area contributed by atoms with Crippen LogP contribution < -0.4 is 10.2 Å². The van der Waals surface area contributed by atoms with Crippen LogP contribution in [0.1, 0.15) is 25.3 Å². The van der Waals surface area contributed by atoms with E-state index in [1.54, 1.807) is 0 Å². The Balaban J connectivity index is 1.71. The molecule has 1 amide bonds. The molecular formula is C17H25N3O. The molecule has 0 radical (unpaired) electrons. The first-order valence-corrected chi connectivity index (χ1v) is 7.99. The summed E-state index contributed by atoms with van der Waals surface area (Å²) in [7, 11) is 1.98. The molecular weight excluding hydrogens is 262 g/mol. The number of hydrogen-bond donors (Lipinski definition) is 1. The highest BCUT2D eigenvalue weighted by Gasteiger charge is 2.33. The van der Waals surface area contributed by atoms with Gasteiger partial charge in [0.1, 0.15) is 0 Å². The number of amides is 1. The molecule has 1 saturated heterocycles. The third kappa shape index (κ3) is 2.83. The van der Waals surface area contributed by atoms with E-state index in [0.717, 1.165) is 25.2 Å². The lowest BCUT2D eigenvalue weighted by atomic mass is 10.1. The second kappa shape index (κ2) is 6.16. The van der Waals surface area contributed by atoms with Crippen molar-refractivity contribution >= 4 is 11.6 Å². The van der Waals surface area contributed by atoms with E-state index in [0.29, 0.717) is 12.6 Å². The molecule has 2 unspecified atom stereocenters. The summed E-state index contributed by atoms with van der Waals surface area (Å²) >= 11 is 0. The monoisotopic (exact) mass is 287 g/mol. The van der Waals surface area contributed by atoms with Crippen LogP contribution in [-0.4, -0.2) is 49.6 Å². The predicted octanol–water partition coefficient (Wildman–Crippen LogP) is 1.65. The molecule has 2 heterocycles. The van der Waals surface area contributed by atoms with E-state index in [9.17, 15) is 4.79 Å². The summed E-state index contributed by atoms with van der Waals surface area (Å²) in [6.07, 6.45) is 3.37. The van der Waals surface area contributed by atoms with Gasteiger partial charge in [-0.2, -0.15) is 0 Å². The van der Waals surface area contributed by atoms with Gasteiger partial charge in [0.25, 0.3) is 0 Å². The molecule has 2 aliphatic rings. The van der Waals surface area contributed by atoms with Gasteiger partial charge >= 0.3 is 0 Å². The minimum Gasteiger partial charge on any atom is -0.318 e. The molecule has 114 valence electrons. The number of benzene rings is 1. The zero-order chi connectivity index (χ0) is 14.8. The van der Waals surface area contributed by atoms with Crippen LogP contribution in [0.5, 0.6) is 0 Å². The molecule has 0 saturated carbocycles. The van der Waals surface area contributed by atoms with Gasteiger partial charge in [-0.25, -0.2) is 0 Å². The van der Waals surface area contributed by atoms with E-state index in [-0.39, 0.29) is 11.9 Å². The molecule has 3 rings (SSSR count). The second-order valence-corrected chi connectivity index (χ2v) is 6.27. The number of para-hydroxylation sites is 1. The SMILES string of the molecule is CNCC1CCCN1CC(=O)N1c2ccccc2CC1C. The van der Waals surface area contributed by atoms with E-state index >= 15 is 0 Å². The molecule has 1 aromatic carbocycles. The Morgan fingerprint density at radius 2 is 2.19 bits per heavy atom. The van der Waals surface area contributed by atoms with E-state index in [1.807, 2.05) is 18.0 Å². The number of nitrogens with zero attached hydrogens (tertiary/aromatic N) is 2. The fourth-order valence-electron chi connectivity index (χ4n) is 3.77. The van der Waals surface area contributed by atoms with Crippen LogP contribution in [0, 0.1) is 0 Å². The molecule has 1 N–H and O–H groups in total. The lowest BCUT2D eigenvalue weighted by Crippen LogP contribution is -2.46. The smallest absolute Gasteiger partial charge is 0.241 e. The lowest BCUT2D eigenvalue weighted by molar-refractivity contribution is -0.120. The van der Waals surface area contributed by atoms with Gasteiger partial charge < -0.3 is 10.2 Å². The molecule has 4 heteroatoms. The van der Waals surface area contributed by atoms with Gasteiger partial charge in [0.2, 0.25) is 5.91 Å². The van der Waals surface area contributed by atoms with Gasteiger partial charge in [0.15, 0.2) is 0 Å². The quantitative estimate of drug-likeness (QED) is 0.914. The Morgan fingerprint density at radius 1 is 1.38 bits per heavy atom. The van der Waals surface area contributed by atoms with Gasteiger partial charge in [-0.3, -0.25) is 9.69 Å². The summed E-state index contributed by atoms with van der Waals surface area (Å²) in [6.45, 7) is 4.71. The van der Waals surface area contributed by atoms with Crippen molar-refractivity contribution < 1.29 is 4.79 Å². The van der Waals surface area contributed by atoms with Crippen molar-refractivity contribution in [2.75, 3.05) is 31.6 Å². The summed E-state index contributed by atoms with van der Waals surface area (Å²) in [5, 5.41) is 3.24. The van der Waals surface area contributed by atoms with Crippen molar-refractivity contribution in [3.8, 4) is 0 Å². The molecule has 1 fully saturated rings. The fourth-order valence-corrected chi connectivity index (χ4v) is 3.77. The average Bonchev–Trinajstić information content (AvgIpc) is 3.02. The summed E-state index contributed by atoms with van der Waals surface area (Å²) < 4.78 is 0. The number of fused-ring (bicyclic) bond motifs is 1. The minimum atomic E-state index is 0.246. The highest BCUT2D eigenvalue weighted by molar-refractivity contribution is 5.97.